The molecular weight excluding hydrogens is 282 g/mol. The van der Waals surface area contributed by atoms with E-state index in [0.29, 0.717) is 0 Å². The summed E-state index contributed by atoms with van der Waals surface area (Å²) in [5, 5.41) is 0. The summed E-state index contributed by atoms with van der Waals surface area (Å²) in [6.45, 7) is 5.91. The van der Waals surface area contributed by atoms with E-state index in [1.807, 2.05) is 42.6 Å². The van der Waals surface area contributed by atoms with Crippen molar-refractivity contribution in [1.82, 2.24) is 9.38 Å². The standard InChI is InChI=1S/C16H17N3OS/c1-9-4-7-13-18-14(12-6-5-10(2)21-12)15(19(13)8-9)11(3)16(17)20/h4-8,11H,1-3H3,(H2,17,20). The molecule has 1 atom stereocenters. The number of hydrogen-bond acceptors (Lipinski definition) is 3. The maximum absolute atomic E-state index is 11.7. The largest absolute Gasteiger partial charge is 0.369 e. The lowest BCUT2D eigenvalue weighted by molar-refractivity contribution is -0.119. The average molecular weight is 299 g/mol. The third-order valence-corrected chi connectivity index (χ3v) is 4.62. The Morgan fingerprint density at radius 1 is 1.29 bits per heavy atom. The first-order valence-electron chi connectivity index (χ1n) is 6.82. The van der Waals surface area contributed by atoms with Crippen LogP contribution in [-0.2, 0) is 4.79 Å². The van der Waals surface area contributed by atoms with Gasteiger partial charge in [-0.2, -0.15) is 0 Å². The molecule has 3 rings (SSSR count). The molecule has 0 radical (unpaired) electrons. The van der Waals surface area contributed by atoms with Crippen molar-refractivity contribution in [2.24, 2.45) is 5.73 Å². The maximum Gasteiger partial charge on any atom is 0.226 e. The number of carbonyl (C=O) groups excluding carboxylic acids is 1. The number of nitrogens with zero attached hydrogens (tertiary/aromatic N) is 2. The van der Waals surface area contributed by atoms with Gasteiger partial charge in [0.2, 0.25) is 5.91 Å². The molecule has 1 amide bonds. The number of hydrogen-bond donors (Lipinski definition) is 1. The first-order valence-corrected chi connectivity index (χ1v) is 7.63. The van der Waals surface area contributed by atoms with Crippen LogP contribution in [0.3, 0.4) is 0 Å². The van der Waals surface area contributed by atoms with Gasteiger partial charge in [0.05, 0.1) is 16.5 Å². The quantitative estimate of drug-likeness (QED) is 0.807. The van der Waals surface area contributed by atoms with Crippen molar-refractivity contribution in [2.45, 2.75) is 26.7 Å². The van der Waals surface area contributed by atoms with Gasteiger partial charge in [-0.1, -0.05) is 6.07 Å². The fourth-order valence-corrected chi connectivity index (χ4v) is 3.33. The van der Waals surface area contributed by atoms with Crippen molar-refractivity contribution in [3.8, 4) is 10.6 Å². The molecule has 0 saturated heterocycles. The van der Waals surface area contributed by atoms with Crippen molar-refractivity contribution in [3.63, 3.8) is 0 Å². The molecule has 0 spiro atoms. The van der Waals surface area contributed by atoms with Gasteiger partial charge in [-0.15, -0.1) is 11.3 Å². The number of aromatic nitrogens is 2. The van der Waals surface area contributed by atoms with E-state index in [9.17, 15) is 4.79 Å². The summed E-state index contributed by atoms with van der Waals surface area (Å²) in [6.07, 6.45) is 2.00. The van der Waals surface area contributed by atoms with Gasteiger partial charge in [0.25, 0.3) is 0 Å². The third kappa shape index (κ3) is 2.34. The molecule has 0 saturated carbocycles. The smallest absolute Gasteiger partial charge is 0.226 e. The Morgan fingerprint density at radius 2 is 2.05 bits per heavy atom. The molecule has 4 nitrogen and oxygen atoms in total. The zero-order valence-electron chi connectivity index (χ0n) is 12.3. The van der Waals surface area contributed by atoms with Crippen molar-refractivity contribution in [2.75, 3.05) is 0 Å². The molecule has 5 heteroatoms. The van der Waals surface area contributed by atoms with E-state index < -0.39 is 0 Å². The minimum absolute atomic E-state index is 0.340. The molecule has 0 aliphatic rings. The summed E-state index contributed by atoms with van der Waals surface area (Å²) in [5.74, 6) is -0.730. The number of primary amides is 1. The molecule has 108 valence electrons. The predicted molar refractivity (Wildman–Crippen MR) is 85.6 cm³/mol. The van der Waals surface area contributed by atoms with E-state index in [1.54, 1.807) is 11.3 Å². The fraction of sp³-hybridized carbons (Fsp3) is 0.250. The lowest BCUT2D eigenvalue weighted by Gasteiger charge is -2.10. The summed E-state index contributed by atoms with van der Waals surface area (Å²) in [7, 11) is 0. The molecule has 1 unspecified atom stereocenters. The topological polar surface area (TPSA) is 60.4 Å². The normalized spacial score (nSPS) is 12.7. The summed E-state index contributed by atoms with van der Waals surface area (Å²) < 4.78 is 1.98. The van der Waals surface area contributed by atoms with Gasteiger partial charge in [-0.3, -0.25) is 4.79 Å². The minimum atomic E-state index is -0.390. The Kier molecular flexibility index (Phi) is 3.29. The van der Waals surface area contributed by atoms with Gasteiger partial charge >= 0.3 is 0 Å². The van der Waals surface area contributed by atoms with Crippen LogP contribution < -0.4 is 5.73 Å². The van der Waals surface area contributed by atoms with Crippen LogP contribution >= 0.6 is 11.3 Å². The van der Waals surface area contributed by atoms with Gasteiger partial charge < -0.3 is 10.1 Å². The van der Waals surface area contributed by atoms with Crippen molar-refractivity contribution >= 4 is 22.9 Å². The highest BCUT2D eigenvalue weighted by Crippen LogP contribution is 2.34. The van der Waals surface area contributed by atoms with Crippen LogP contribution in [0.4, 0.5) is 0 Å². The zero-order chi connectivity index (χ0) is 15.1. The Labute approximate surface area is 127 Å². The van der Waals surface area contributed by atoms with E-state index in [4.69, 9.17) is 10.7 Å². The number of carbonyl (C=O) groups is 1. The summed E-state index contributed by atoms with van der Waals surface area (Å²) >= 11 is 1.68. The predicted octanol–water partition coefficient (Wildman–Crippen LogP) is 3.27. The van der Waals surface area contributed by atoms with Crippen LogP contribution in [0.1, 0.15) is 29.0 Å². The number of amides is 1. The molecule has 3 aromatic rings. The van der Waals surface area contributed by atoms with Crippen LogP contribution in [-0.4, -0.2) is 15.3 Å². The molecule has 0 aliphatic carbocycles. The van der Waals surface area contributed by atoms with Gasteiger partial charge in [0.1, 0.15) is 11.3 Å². The third-order valence-electron chi connectivity index (χ3n) is 3.61. The first kappa shape index (κ1) is 13.8. The number of aryl methyl sites for hydroxylation is 2. The molecule has 0 fully saturated rings. The van der Waals surface area contributed by atoms with Crippen LogP contribution in [0.2, 0.25) is 0 Å². The van der Waals surface area contributed by atoms with E-state index in [1.165, 1.54) is 4.88 Å². The van der Waals surface area contributed by atoms with E-state index in [-0.39, 0.29) is 11.8 Å². The lowest BCUT2D eigenvalue weighted by atomic mass is 10.0. The second-order valence-corrected chi connectivity index (χ2v) is 6.60. The van der Waals surface area contributed by atoms with E-state index >= 15 is 0 Å². The number of rotatable bonds is 3. The van der Waals surface area contributed by atoms with Gasteiger partial charge in [-0.05, 0) is 44.5 Å². The second kappa shape index (κ2) is 5.00. The zero-order valence-corrected chi connectivity index (χ0v) is 13.1. The SMILES string of the molecule is Cc1ccc2nc(-c3ccc(C)s3)c(C(C)C(N)=O)n2c1. The van der Waals surface area contributed by atoms with Crippen molar-refractivity contribution < 1.29 is 4.79 Å². The van der Waals surface area contributed by atoms with Crippen LogP contribution in [0.25, 0.3) is 16.2 Å². The van der Waals surface area contributed by atoms with Crippen LogP contribution in [0, 0.1) is 13.8 Å². The monoisotopic (exact) mass is 299 g/mol. The number of thiophene rings is 1. The molecule has 2 N–H and O–H groups in total. The molecule has 0 bridgehead atoms. The lowest BCUT2D eigenvalue weighted by Crippen LogP contribution is -2.20. The second-order valence-electron chi connectivity index (χ2n) is 5.31. The van der Waals surface area contributed by atoms with Crippen LogP contribution in [0.5, 0.6) is 0 Å². The molecule has 21 heavy (non-hydrogen) atoms. The highest BCUT2D eigenvalue weighted by atomic mass is 32.1. The van der Waals surface area contributed by atoms with Gasteiger partial charge in [0.15, 0.2) is 0 Å². The minimum Gasteiger partial charge on any atom is -0.369 e. The Hall–Kier alpha value is -2.14. The molecule has 3 aromatic heterocycles. The number of nitrogens with two attached hydrogens (primary N) is 1. The molecule has 0 aromatic carbocycles. The number of fused-ring (bicyclic) bond motifs is 1. The number of pyridine rings is 1. The van der Waals surface area contributed by atoms with Crippen molar-refractivity contribution in [1.29, 1.82) is 0 Å². The van der Waals surface area contributed by atoms with Crippen LogP contribution in [0.15, 0.2) is 30.5 Å². The summed E-state index contributed by atoms with van der Waals surface area (Å²) in [6, 6.07) is 8.10. The fourth-order valence-electron chi connectivity index (χ4n) is 2.46. The first-order chi connectivity index (χ1) is 9.97. The molecular formula is C16H17N3OS. The summed E-state index contributed by atoms with van der Waals surface area (Å²) in [4.78, 5) is 18.7. The van der Waals surface area contributed by atoms with E-state index in [0.717, 1.165) is 27.5 Å². The number of imidazole rings is 1. The average Bonchev–Trinajstić information content (AvgIpc) is 3.00. The van der Waals surface area contributed by atoms with E-state index in [2.05, 4.69) is 13.0 Å². The molecule has 0 aliphatic heterocycles. The Bertz CT molecular complexity index is 831. The van der Waals surface area contributed by atoms with Gasteiger partial charge in [-0.25, -0.2) is 4.98 Å². The summed E-state index contributed by atoms with van der Waals surface area (Å²) in [5.41, 5.74) is 9.20. The van der Waals surface area contributed by atoms with Gasteiger partial charge in [0, 0.05) is 11.1 Å². The highest BCUT2D eigenvalue weighted by molar-refractivity contribution is 7.15. The van der Waals surface area contributed by atoms with Crippen molar-refractivity contribution in [3.05, 3.63) is 46.6 Å². The Balaban J connectivity index is 2.32. The highest BCUT2D eigenvalue weighted by Gasteiger charge is 2.23. The Morgan fingerprint density at radius 3 is 2.67 bits per heavy atom. The maximum atomic E-state index is 11.7. The molecule has 3 heterocycles.